The summed E-state index contributed by atoms with van der Waals surface area (Å²) in [6, 6.07) is 5.36. The van der Waals surface area contributed by atoms with Crippen LogP contribution in [0.25, 0.3) is 11.4 Å². The van der Waals surface area contributed by atoms with Crippen molar-refractivity contribution in [2.24, 2.45) is 0 Å². The summed E-state index contributed by atoms with van der Waals surface area (Å²) in [5, 5.41) is 4.21. The van der Waals surface area contributed by atoms with E-state index < -0.39 is 0 Å². The van der Waals surface area contributed by atoms with E-state index in [4.69, 9.17) is 23.2 Å². The fourth-order valence-electron chi connectivity index (χ4n) is 0.983. The number of halogens is 3. The SMILES string of the molecule is Clc1nc(-c2cc(Br)ccc2Cl)no1. The zero-order valence-corrected chi connectivity index (χ0v) is 9.77. The fourth-order valence-corrected chi connectivity index (χ4v) is 1.66. The van der Waals surface area contributed by atoms with E-state index in [1.54, 1.807) is 12.1 Å². The molecule has 0 spiro atoms. The molecule has 0 aliphatic heterocycles. The highest BCUT2D eigenvalue weighted by Gasteiger charge is 2.10. The number of nitrogens with zero attached hydrogens (tertiary/aromatic N) is 2. The third-order valence-corrected chi connectivity index (χ3v) is 2.55. The summed E-state index contributed by atoms with van der Waals surface area (Å²) in [5.41, 5.74) is 0.677. The Labute approximate surface area is 98.1 Å². The van der Waals surface area contributed by atoms with Gasteiger partial charge >= 0.3 is 5.35 Å². The Morgan fingerprint density at radius 3 is 2.71 bits per heavy atom. The Balaban J connectivity index is 2.55. The maximum atomic E-state index is 5.95. The average Bonchev–Trinajstić information content (AvgIpc) is 2.56. The van der Waals surface area contributed by atoms with Crippen molar-refractivity contribution in [2.75, 3.05) is 0 Å². The Bertz CT molecular complexity index is 472. The molecule has 0 aliphatic rings. The van der Waals surface area contributed by atoms with Crippen molar-refractivity contribution in [2.45, 2.75) is 0 Å². The maximum Gasteiger partial charge on any atom is 0.320 e. The van der Waals surface area contributed by atoms with Crippen molar-refractivity contribution in [3.63, 3.8) is 0 Å². The van der Waals surface area contributed by atoms with Crippen molar-refractivity contribution in [3.8, 4) is 11.4 Å². The monoisotopic (exact) mass is 292 g/mol. The van der Waals surface area contributed by atoms with Gasteiger partial charge in [-0.15, -0.1) is 0 Å². The highest BCUT2D eigenvalue weighted by atomic mass is 79.9. The number of aromatic nitrogens is 2. The van der Waals surface area contributed by atoms with E-state index in [0.717, 1.165) is 4.47 Å². The topological polar surface area (TPSA) is 38.9 Å². The summed E-state index contributed by atoms with van der Waals surface area (Å²) < 4.78 is 5.53. The molecule has 1 aromatic carbocycles. The first kappa shape index (κ1) is 9.96. The predicted molar refractivity (Wildman–Crippen MR) is 57.5 cm³/mol. The first-order valence-electron chi connectivity index (χ1n) is 3.61. The molecule has 14 heavy (non-hydrogen) atoms. The van der Waals surface area contributed by atoms with Crippen molar-refractivity contribution >= 4 is 39.1 Å². The van der Waals surface area contributed by atoms with Gasteiger partial charge in [-0.2, -0.15) is 4.98 Å². The summed E-state index contributed by atoms with van der Waals surface area (Å²) in [5.74, 6) is 0.376. The summed E-state index contributed by atoms with van der Waals surface area (Å²) in [4.78, 5) is 3.87. The van der Waals surface area contributed by atoms with Crippen LogP contribution in [0.1, 0.15) is 0 Å². The number of hydrogen-bond acceptors (Lipinski definition) is 3. The van der Waals surface area contributed by atoms with Crippen molar-refractivity contribution < 1.29 is 4.52 Å². The lowest BCUT2D eigenvalue weighted by Gasteiger charge is -1.98. The summed E-state index contributed by atoms with van der Waals surface area (Å²) >= 11 is 14.8. The smallest absolute Gasteiger partial charge is 0.320 e. The van der Waals surface area contributed by atoms with Crippen LogP contribution in [0, 0.1) is 0 Å². The summed E-state index contributed by atoms with van der Waals surface area (Å²) in [7, 11) is 0. The van der Waals surface area contributed by atoms with Crippen LogP contribution in [-0.4, -0.2) is 10.1 Å². The molecule has 0 bridgehead atoms. The molecule has 0 atom stereocenters. The van der Waals surface area contributed by atoms with Crippen LogP contribution in [0.3, 0.4) is 0 Å². The van der Waals surface area contributed by atoms with E-state index in [-0.39, 0.29) is 5.35 Å². The zero-order chi connectivity index (χ0) is 10.1. The van der Waals surface area contributed by atoms with Gasteiger partial charge in [0.15, 0.2) is 0 Å². The standard InChI is InChI=1S/C8H3BrCl2N2O/c9-4-1-2-6(10)5(3-4)7-12-8(11)14-13-7/h1-3H. The Morgan fingerprint density at radius 1 is 1.29 bits per heavy atom. The number of rotatable bonds is 1. The second kappa shape index (κ2) is 3.88. The van der Waals surface area contributed by atoms with Crippen molar-refractivity contribution in [3.05, 3.63) is 33.0 Å². The molecule has 3 nitrogen and oxygen atoms in total. The van der Waals surface area contributed by atoms with Gasteiger partial charge in [0, 0.05) is 10.0 Å². The quantitative estimate of drug-likeness (QED) is 0.802. The molecule has 0 N–H and O–H groups in total. The normalized spacial score (nSPS) is 10.5. The van der Waals surface area contributed by atoms with Crippen LogP contribution < -0.4 is 0 Å². The fraction of sp³-hybridized carbons (Fsp3) is 0. The Morgan fingerprint density at radius 2 is 2.07 bits per heavy atom. The van der Waals surface area contributed by atoms with Crippen LogP contribution >= 0.6 is 39.1 Å². The summed E-state index contributed by atoms with van der Waals surface area (Å²) in [6.45, 7) is 0. The van der Waals surface area contributed by atoms with Crippen LogP contribution in [0.15, 0.2) is 27.2 Å². The maximum absolute atomic E-state index is 5.95. The van der Waals surface area contributed by atoms with Crippen LogP contribution in [0.2, 0.25) is 10.4 Å². The largest absolute Gasteiger partial charge is 0.321 e. The van der Waals surface area contributed by atoms with Crippen molar-refractivity contribution in [1.29, 1.82) is 0 Å². The summed E-state index contributed by atoms with van der Waals surface area (Å²) in [6.07, 6.45) is 0. The molecule has 2 aromatic rings. The molecule has 2 rings (SSSR count). The molecule has 1 heterocycles. The molecule has 0 fully saturated rings. The van der Waals surface area contributed by atoms with Gasteiger partial charge in [0.25, 0.3) is 0 Å². The van der Waals surface area contributed by atoms with E-state index in [9.17, 15) is 0 Å². The average molecular weight is 294 g/mol. The molecule has 0 saturated heterocycles. The van der Waals surface area contributed by atoms with E-state index in [0.29, 0.717) is 16.4 Å². The molecule has 0 radical (unpaired) electrons. The second-order valence-corrected chi connectivity index (χ2v) is 4.14. The zero-order valence-electron chi connectivity index (χ0n) is 6.67. The second-order valence-electron chi connectivity index (χ2n) is 2.50. The van der Waals surface area contributed by atoms with Gasteiger partial charge in [-0.25, -0.2) is 0 Å². The lowest BCUT2D eigenvalue weighted by atomic mass is 10.2. The minimum absolute atomic E-state index is 0.00366. The van der Waals surface area contributed by atoms with Crippen molar-refractivity contribution in [1.82, 2.24) is 10.1 Å². The van der Waals surface area contributed by atoms with E-state index in [1.165, 1.54) is 0 Å². The highest BCUT2D eigenvalue weighted by molar-refractivity contribution is 9.10. The molecule has 0 amide bonds. The predicted octanol–water partition coefficient (Wildman–Crippen LogP) is 3.81. The van der Waals surface area contributed by atoms with Gasteiger partial charge < -0.3 is 4.52 Å². The Kier molecular flexibility index (Phi) is 2.76. The minimum atomic E-state index is -0.00366. The molecule has 1 aromatic heterocycles. The molecular formula is C8H3BrCl2N2O. The number of benzene rings is 1. The molecule has 6 heteroatoms. The minimum Gasteiger partial charge on any atom is -0.321 e. The van der Waals surface area contributed by atoms with Gasteiger partial charge in [0.2, 0.25) is 5.82 Å². The van der Waals surface area contributed by atoms with Crippen LogP contribution in [0.4, 0.5) is 0 Å². The van der Waals surface area contributed by atoms with E-state index >= 15 is 0 Å². The van der Waals surface area contributed by atoms with Crippen LogP contribution in [0.5, 0.6) is 0 Å². The van der Waals surface area contributed by atoms with Crippen LogP contribution in [-0.2, 0) is 0 Å². The number of hydrogen-bond donors (Lipinski definition) is 0. The lowest BCUT2D eigenvalue weighted by Crippen LogP contribution is -1.82. The van der Waals surface area contributed by atoms with E-state index in [1.807, 2.05) is 6.07 Å². The molecule has 0 aliphatic carbocycles. The van der Waals surface area contributed by atoms with Gasteiger partial charge in [0.05, 0.1) is 5.02 Å². The third kappa shape index (κ3) is 1.92. The third-order valence-electron chi connectivity index (χ3n) is 1.57. The van der Waals surface area contributed by atoms with Gasteiger partial charge in [-0.1, -0.05) is 32.7 Å². The first-order valence-corrected chi connectivity index (χ1v) is 5.16. The van der Waals surface area contributed by atoms with Gasteiger partial charge in [-0.3, -0.25) is 0 Å². The van der Waals surface area contributed by atoms with E-state index in [2.05, 4.69) is 30.6 Å². The first-order chi connectivity index (χ1) is 6.66. The van der Waals surface area contributed by atoms with Gasteiger partial charge in [0.1, 0.15) is 0 Å². The Hall–Kier alpha value is -0.580. The highest BCUT2D eigenvalue weighted by Crippen LogP contribution is 2.29. The molecular weight excluding hydrogens is 291 g/mol. The molecule has 72 valence electrons. The molecule has 0 saturated carbocycles. The molecule has 0 unspecified atom stereocenters. The lowest BCUT2D eigenvalue weighted by molar-refractivity contribution is 0.421. The van der Waals surface area contributed by atoms with Gasteiger partial charge in [-0.05, 0) is 29.8 Å².